The number of phosphoric ester groups is 2. The molecule has 10 N–H and O–H groups in total. The molecule has 4 unspecified atom stereocenters. The monoisotopic (exact) mass is 664 g/mol. The van der Waals surface area contributed by atoms with Gasteiger partial charge in [0, 0.05) is 6.07 Å². The lowest BCUT2D eigenvalue weighted by atomic mass is 10.1. The fraction of sp³-hybridized carbons (Fsp3) is 0.476. The highest BCUT2D eigenvalue weighted by atomic mass is 31.3. The second kappa shape index (κ2) is 12.4. The summed E-state index contributed by atoms with van der Waals surface area (Å²) >= 11 is 0. The van der Waals surface area contributed by atoms with Crippen molar-refractivity contribution in [3.05, 3.63) is 42.7 Å². The van der Waals surface area contributed by atoms with Crippen LogP contribution in [-0.2, 0) is 32.0 Å². The number of hydrogen-bond donors (Lipinski definition) is 8. The standard InChI is InChI=1S/C21H27N7O14P2/c22-17-12-19(25-7-24-17)28(8-26-12)21-16(32)14(30)11(41-21)6-39-44(36,37)42-43(34,35)38-5-10-13(29)15(31)20(40-10)27-3-1-2-9(4-27)18(23)33/h1-4,7-8,10-11,13-16,20-21,29-32H,5-6H2,(H5-,22,23,24,25,33,34,35,36,37)/p+1/t10-,11-,13?,14?,15+,16+,20-,21-/m1/s1. The number of aliphatic hydroxyl groups excluding tert-OH is 4. The van der Waals surface area contributed by atoms with Gasteiger partial charge in [0.2, 0.25) is 0 Å². The molecular formula is C21H28N7O14P2+. The third-order valence-electron chi connectivity index (χ3n) is 6.75. The van der Waals surface area contributed by atoms with Crippen molar-refractivity contribution >= 4 is 38.5 Å². The van der Waals surface area contributed by atoms with E-state index in [1.807, 2.05) is 0 Å². The second-order valence-corrected chi connectivity index (χ2v) is 12.7. The summed E-state index contributed by atoms with van der Waals surface area (Å²) in [6, 6.07) is 2.83. The molecule has 0 bridgehead atoms. The van der Waals surface area contributed by atoms with E-state index >= 15 is 0 Å². The number of phosphoric acid groups is 2. The molecule has 44 heavy (non-hydrogen) atoms. The number of aromatic nitrogens is 5. The van der Waals surface area contributed by atoms with Gasteiger partial charge in [0.05, 0.1) is 19.5 Å². The Morgan fingerprint density at radius 1 is 0.977 bits per heavy atom. The summed E-state index contributed by atoms with van der Waals surface area (Å²) in [5.74, 6) is -0.714. The van der Waals surface area contributed by atoms with E-state index < -0.39 is 83.8 Å². The maximum atomic E-state index is 12.4. The Labute approximate surface area is 246 Å². The number of pyridine rings is 1. The molecule has 5 rings (SSSR count). The fourth-order valence-electron chi connectivity index (χ4n) is 4.58. The molecule has 5 heterocycles. The maximum Gasteiger partial charge on any atom is 0.481 e. The topological polar surface area (TPSA) is 318 Å². The molecule has 0 aromatic carbocycles. The Hall–Kier alpha value is -3.01. The Kier molecular flexibility index (Phi) is 9.13. The van der Waals surface area contributed by atoms with Crippen LogP contribution in [-0.4, -0.2) is 105 Å². The van der Waals surface area contributed by atoms with Crippen LogP contribution in [0.25, 0.3) is 11.2 Å². The van der Waals surface area contributed by atoms with Gasteiger partial charge in [0.25, 0.3) is 12.1 Å². The van der Waals surface area contributed by atoms with Gasteiger partial charge >= 0.3 is 15.6 Å². The minimum atomic E-state index is -5.37. The number of imidazole rings is 1. The number of nitrogens with zero attached hydrogens (tertiary/aromatic N) is 5. The largest absolute Gasteiger partial charge is 0.481 e. The van der Waals surface area contributed by atoms with Crippen LogP contribution in [0.5, 0.6) is 0 Å². The number of carbonyl (C=O) groups excluding carboxylic acids is 1. The summed E-state index contributed by atoms with van der Waals surface area (Å²) in [5, 5.41) is 41.6. The van der Waals surface area contributed by atoms with E-state index in [2.05, 4.69) is 23.8 Å². The highest BCUT2D eigenvalue weighted by Crippen LogP contribution is 2.60. The molecule has 0 radical (unpaired) electrons. The summed E-state index contributed by atoms with van der Waals surface area (Å²) in [7, 11) is -10.7. The normalized spacial score (nSPS) is 31.6. The van der Waals surface area contributed by atoms with E-state index in [0.29, 0.717) is 0 Å². The number of primary amides is 1. The molecule has 10 atom stereocenters. The van der Waals surface area contributed by atoms with Crippen LogP contribution in [0.1, 0.15) is 22.8 Å². The zero-order chi connectivity index (χ0) is 32.0. The average Bonchev–Trinajstić information content (AvgIpc) is 3.61. The first-order valence-electron chi connectivity index (χ1n) is 12.6. The molecular weight excluding hydrogens is 636 g/mol. The van der Waals surface area contributed by atoms with Crippen LogP contribution in [0.2, 0.25) is 0 Å². The van der Waals surface area contributed by atoms with Crippen molar-refractivity contribution in [1.82, 2.24) is 19.5 Å². The number of nitrogen functional groups attached to an aromatic ring is 1. The number of amides is 1. The molecule has 3 aromatic heterocycles. The number of hydrogen-bond acceptors (Lipinski definition) is 16. The van der Waals surface area contributed by atoms with Gasteiger partial charge in [-0.3, -0.25) is 18.4 Å². The number of nitrogens with two attached hydrogens (primary N) is 2. The first-order valence-corrected chi connectivity index (χ1v) is 15.6. The molecule has 240 valence electrons. The number of carbonyl (C=O) groups is 1. The van der Waals surface area contributed by atoms with Gasteiger partial charge in [-0.2, -0.15) is 8.88 Å². The van der Waals surface area contributed by atoms with Crippen molar-refractivity contribution in [2.45, 2.75) is 49.1 Å². The van der Waals surface area contributed by atoms with E-state index in [4.69, 9.17) is 25.5 Å². The van der Waals surface area contributed by atoms with Gasteiger partial charge in [-0.15, -0.1) is 0 Å². The summed E-state index contributed by atoms with van der Waals surface area (Å²) < 4.78 is 52.0. The lowest BCUT2D eigenvalue weighted by Gasteiger charge is -2.20. The van der Waals surface area contributed by atoms with Crippen molar-refractivity contribution in [2.75, 3.05) is 18.9 Å². The summed E-state index contributed by atoms with van der Waals surface area (Å²) in [6.45, 7) is -1.80. The fourth-order valence-corrected chi connectivity index (χ4v) is 6.67. The van der Waals surface area contributed by atoms with E-state index in [0.717, 1.165) is 6.33 Å². The Morgan fingerprint density at radius 2 is 1.61 bits per heavy atom. The van der Waals surface area contributed by atoms with Gasteiger partial charge in [-0.05, 0) is 6.07 Å². The van der Waals surface area contributed by atoms with Crippen LogP contribution >= 0.6 is 15.6 Å². The Bertz CT molecular complexity index is 1630. The molecule has 0 spiro atoms. The predicted octanol–water partition coefficient (Wildman–Crippen LogP) is -3.02. The van der Waals surface area contributed by atoms with Crippen molar-refractivity contribution in [3.63, 3.8) is 0 Å². The second-order valence-electron chi connectivity index (χ2n) is 9.69. The number of fused-ring (bicyclic) bond motifs is 1. The predicted molar refractivity (Wildman–Crippen MR) is 139 cm³/mol. The summed E-state index contributed by atoms with van der Waals surface area (Å²) in [6.07, 6.45) is -6.85. The third kappa shape index (κ3) is 6.65. The zero-order valence-corrected chi connectivity index (χ0v) is 24.0. The molecule has 3 aromatic rings. The van der Waals surface area contributed by atoms with Crippen molar-refractivity contribution in [2.24, 2.45) is 5.73 Å². The number of anilines is 1. The highest BCUT2D eigenvalue weighted by Gasteiger charge is 2.50. The molecule has 2 aliphatic rings. The molecule has 23 heteroatoms. The molecule has 21 nitrogen and oxygen atoms in total. The number of rotatable bonds is 11. The summed E-state index contributed by atoms with van der Waals surface area (Å²) in [4.78, 5) is 43.3. The van der Waals surface area contributed by atoms with Gasteiger partial charge in [0.1, 0.15) is 47.9 Å². The minimum absolute atomic E-state index is 0.0505. The van der Waals surface area contributed by atoms with Crippen LogP contribution < -0.4 is 16.0 Å². The molecule has 2 fully saturated rings. The maximum absolute atomic E-state index is 12.4. The van der Waals surface area contributed by atoms with Gasteiger partial charge < -0.3 is 51.2 Å². The summed E-state index contributed by atoms with van der Waals surface area (Å²) in [5.41, 5.74) is 11.4. The van der Waals surface area contributed by atoms with Crippen molar-refractivity contribution < 1.29 is 71.5 Å². The molecule has 2 saturated heterocycles. The quantitative estimate of drug-likeness (QED) is 0.0747. The van der Waals surface area contributed by atoms with E-state index in [1.54, 1.807) is 0 Å². The van der Waals surface area contributed by atoms with Gasteiger partial charge in [-0.25, -0.2) is 24.1 Å². The van der Waals surface area contributed by atoms with Gasteiger partial charge in [0.15, 0.2) is 36.2 Å². The van der Waals surface area contributed by atoms with Gasteiger partial charge in [-0.1, -0.05) is 0 Å². The van der Waals surface area contributed by atoms with Crippen LogP contribution in [0, 0.1) is 0 Å². The SMILES string of the molecule is NC(=O)c1ccc[n+]([C@@H]2O[C@H](COP(=O)(O)OP(=O)(O)OC[C@H]3O[C@@H](n4cnc5c(N)ncnc54)[C@@H](O)C3O)C(O)[C@@H]2O)c1. The lowest BCUT2D eigenvalue weighted by molar-refractivity contribution is -0.765. The smallest absolute Gasteiger partial charge is 0.387 e. The first-order chi connectivity index (χ1) is 20.7. The molecule has 1 amide bonds. The molecule has 0 aliphatic carbocycles. The Morgan fingerprint density at radius 3 is 2.27 bits per heavy atom. The highest BCUT2D eigenvalue weighted by molar-refractivity contribution is 7.61. The van der Waals surface area contributed by atoms with Crippen LogP contribution in [0.15, 0.2) is 37.2 Å². The average molecular weight is 664 g/mol. The molecule has 0 saturated carbocycles. The van der Waals surface area contributed by atoms with Crippen LogP contribution in [0.4, 0.5) is 5.82 Å². The van der Waals surface area contributed by atoms with E-state index in [1.165, 1.54) is 40.0 Å². The van der Waals surface area contributed by atoms with Crippen molar-refractivity contribution in [1.29, 1.82) is 0 Å². The number of aliphatic hydroxyl groups is 4. The zero-order valence-electron chi connectivity index (χ0n) is 22.2. The lowest BCUT2D eigenvalue weighted by Crippen LogP contribution is -2.46. The molecule has 2 aliphatic heterocycles. The first kappa shape index (κ1) is 32.4. The van der Waals surface area contributed by atoms with E-state index in [-0.39, 0.29) is 22.5 Å². The number of ether oxygens (including phenoxy) is 2. The minimum Gasteiger partial charge on any atom is -0.387 e. The third-order valence-corrected chi connectivity index (χ3v) is 9.35. The van der Waals surface area contributed by atoms with Crippen LogP contribution in [0.3, 0.4) is 0 Å². The van der Waals surface area contributed by atoms with E-state index in [9.17, 15) is 44.1 Å². The van der Waals surface area contributed by atoms with Crippen molar-refractivity contribution in [3.8, 4) is 0 Å². The Balaban J connectivity index is 1.16.